The van der Waals surface area contributed by atoms with Gasteiger partial charge in [-0.1, -0.05) is 18.0 Å². The number of nitrogens with zero attached hydrogens (tertiary/aromatic N) is 2. The van der Waals surface area contributed by atoms with Crippen LogP contribution in [0, 0.1) is 5.92 Å². The number of hydrogen-bond acceptors (Lipinski definition) is 4. The lowest BCUT2D eigenvalue weighted by molar-refractivity contribution is -0.142. The Bertz CT molecular complexity index is 437. The summed E-state index contributed by atoms with van der Waals surface area (Å²) in [6, 6.07) is 0.835. The normalized spacial score (nSPS) is 31.1. The molecule has 5 heteroatoms. The van der Waals surface area contributed by atoms with Gasteiger partial charge in [0.1, 0.15) is 0 Å². The first-order valence-electron chi connectivity index (χ1n) is 8.81. The van der Waals surface area contributed by atoms with E-state index in [1.807, 2.05) is 13.8 Å². The fourth-order valence-electron chi connectivity index (χ4n) is 4.07. The Balaban J connectivity index is 1.39. The first-order valence-corrected chi connectivity index (χ1v) is 8.81. The van der Waals surface area contributed by atoms with E-state index in [4.69, 9.17) is 4.84 Å². The van der Waals surface area contributed by atoms with E-state index in [2.05, 4.69) is 15.4 Å². The van der Waals surface area contributed by atoms with Gasteiger partial charge in [-0.2, -0.15) is 0 Å². The van der Waals surface area contributed by atoms with Gasteiger partial charge in [0.05, 0.1) is 5.71 Å². The molecule has 2 aliphatic heterocycles. The van der Waals surface area contributed by atoms with Crippen LogP contribution in [0.3, 0.4) is 0 Å². The zero-order valence-corrected chi connectivity index (χ0v) is 13.9. The van der Waals surface area contributed by atoms with Crippen LogP contribution >= 0.6 is 0 Å². The monoisotopic (exact) mass is 307 g/mol. The molecule has 3 aliphatic rings. The Morgan fingerprint density at radius 1 is 1.32 bits per heavy atom. The Kier molecular flexibility index (Phi) is 4.71. The first-order chi connectivity index (χ1) is 10.6. The van der Waals surface area contributed by atoms with Crippen molar-refractivity contribution in [1.82, 2.24) is 10.2 Å². The first kappa shape index (κ1) is 15.8. The molecule has 0 radical (unpaired) electrons. The van der Waals surface area contributed by atoms with Crippen LogP contribution in [0.1, 0.15) is 58.8 Å². The second-order valence-corrected chi connectivity index (χ2v) is 7.45. The summed E-state index contributed by atoms with van der Waals surface area (Å²) in [5.41, 5.74) is 0.0942. The average molecular weight is 307 g/mol. The van der Waals surface area contributed by atoms with Crippen molar-refractivity contribution in [2.75, 3.05) is 19.6 Å². The fourth-order valence-corrected chi connectivity index (χ4v) is 4.07. The minimum absolute atomic E-state index is 0.0219. The molecule has 0 unspecified atom stereocenters. The van der Waals surface area contributed by atoms with Crippen molar-refractivity contribution >= 4 is 11.6 Å². The SMILES string of the molecule is CC1=NO[C@](C)(C(=O)NCC2CCN(C3CCCC3)CC2)C1. The number of piperidine rings is 1. The Morgan fingerprint density at radius 3 is 2.59 bits per heavy atom. The largest absolute Gasteiger partial charge is 0.379 e. The van der Waals surface area contributed by atoms with E-state index in [0.717, 1.165) is 18.3 Å². The lowest BCUT2D eigenvalue weighted by Crippen LogP contribution is -2.48. The maximum absolute atomic E-state index is 12.3. The van der Waals surface area contributed by atoms with Gasteiger partial charge in [-0.25, -0.2) is 0 Å². The number of likely N-dealkylation sites (tertiary alicyclic amines) is 1. The molecule has 0 aromatic rings. The van der Waals surface area contributed by atoms with Gasteiger partial charge in [-0.3, -0.25) is 4.79 Å². The summed E-state index contributed by atoms with van der Waals surface area (Å²) in [5, 5.41) is 6.99. The van der Waals surface area contributed by atoms with Crippen molar-refractivity contribution in [2.24, 2.45) is 11.1 Å². The van der Waals surface area contributed by atoms with Gasteiger partial charge in [-0.05, 0) is 58.5 Å². The van der Waals surface area contributed by atoms with Crippen LogP contribution < -0.4 is 5.32 Å². The van der Waals surface area contributed by atoms with E-state index in [0.29, 0.717) is 12.3 Å². The fraction of sp³-hybridized carbons (Fsp3) is 0.882. The second-order valence-electron chi connectivity index (χ2n) is 7.45. The summed E-state index contributed by atoms with van der Waals surface area (Å²) in [5.74, 6) is 0.583. The van der Waals surface area contributed by atoms with Crippen LogP contribution in [-0.4, -0.2) is 47.8 Å². The Morgan fingerprint density at radius 2 is 2.00 bits per heavy atom. The summed E-state index contributed by atoms with van der Waals surface area (Å²) in [4.78, 5) is 20.3. The number of nitrogens with one attached hydrogen (secondary N) is 1. The highest BCUT2D eigenvalue weighted by Crippen LogP contribution is 2.28. The van der Waals surface area contributed by atoms with Gasteiger partial charge >= 0.3 is 0 Å². The molecule has 1 atom stereocenters. The summed E-state index contributed by atoms with van der Waals surface area (Å²) < 4.78 is 0. The lowest BCUT2D eigenvalue weighted by atomic mass is 9.94. The van der Waals surface area contributed by atoms with Gasteiger partial charge < -0.3 is 15.1 Å². The highest BCUT2D eigenvalue weighted by atomic mass is 16.7. The van der Waals surface area contributed by atoms with E-state index in [9.17, 15) is 4.79 Å². The summed E-state index contributed by atoms with van der Waals surface area (Å²) in [6.07, 6.45) is 8.57. The average Bonchev–Trinajstić information content (AvgIpc) is 3.16. The van der Waals surface area contributed by atoms with Crippen molar-refractivity contribution in [3.8, 4) is 0 Å². The second kappa shape index (κ2) is 6.57. The van der Waals surface area contributed by atoms with Crippen molar-refractivity contribution in [3.05, 3.63) is 0 Å². The molecule has 1 saturated carbocycles. The van der Waals surface area contributed by atoms with Crippen molar-refractivity contribution < 1.29 is 9.63 Å². The molecule has 3 rings (SSSR count). The molecular weight excluding hydrogens is 278 g/mol. The smallest absolute Gasteiger partial charge is 0.267 e. The molecule has 5 nitrogen and oxygen atoms in total. The van der Waals surface area contributed by atoms with Gasteiger partial charge in [0, 0.05) is 19.0 Å². The Hall–Kier alpha value is -1.10. The van der Waals surface area contributed by atoms with Gasteiger partial charge in [0.2, 0.25) is 5.60 Å². The standard InChI is InChI=1S/C17H29N3O2/c1-13-11-17(2,22-19-13)16(21)18-12-14-7-9-20(10-8-14)15-5-3-4-6-15/h14-15H,3-12H2,1-2H3,(H,18,21)/t17-/m0/s1. The predicted molar refractivity (Wildman–Crippen MR) is 86.8 cm³/mol. The van der Waals surface area contributed by atoms with E-state index < -0.39 is 5.60 Å². The predicted octanol–water partition coefficient (Wildman–Crippen LogP) is 2.31. The molecule has 1 aliphatic carbocycles. The molecule has 1 saturated heterocycles. The molecule has 0 bridgehead atoms. The van der Waals surface area contributed by atoms with E-state index >= 15 is 0 Å². The van der Waals surface area contributed by atoms with Crippen LogP contribution in [0.2, 0.25) is 0 Å². The lowest BCUT2D eigenvalue weighted by Gasteiger charge is -2.36. The highest BCUT2D eigenvalue weighted by molar-refractivity contribution is 5.94. The van der Waals surface area contributed by atoms with Crippen molar-refractivity contribution in [3.63, 3.8) is 0 Å². The van der Waals surface area contributed by atoms with Crippen LogP contribution in [0.25, 0.3) is 0 Å². The number of hydrogen-bond donors (Lipinski definition) is 1. The minimum Gasteiger partial charge on any atom is -0.379 e. The number of amides is 1. The van der Waals surface area contributed by atoms with Gasteiger partial charge in [0.25, 0.3) is 5.91 Å². The van der Waals surface area contributed by atoms with Crippen LogP contribution in [0.4, 0.5) is 0 Å². The zero-order valence-electron chi connectivity index (χ0n) is 13.9. The number of oxime groups is 1. The third kappa shape index (κ3) is 3.45. The highest BCUT2D eigenvalue weighted by Gasteiger charge is 2.40. The molecular formula is C17H29N3O2. The number of rotatable bonds is 4. The molecule has 0 spiro atoms. The molecule has 2 heterocycles. The summed E-state index contributed by atoms with van der Waals surface area (Å²) >= 11 is 0. The maximum Gasteiger partial charge on any atom is 0.267 e. The maximum atomic E-state index is 12.3. The van der Waals surface area contributed by atoms with Gasteiger partial charge in [0.15, 0.2) is 0 Å². The van der Waals surface area contributed by atoms with E-state index in [-0.39, 0.29) is 5.91 Å². The molecule has 22 heavy (non-hydrogen) atoms. The zero-order chi connectivity index (χ0) is 15.6. The van der Waals surface area contributed by atoms with Gasteiger partial charge in [-0.15, -0.1) is 0 Å². The summed E-state index contributed by atoms with van der Waals surface area (Å²) in [7, 11) is 0. The van der Waals surface area contributed by atoms with E-state index in [1.165, 1.54) is 51.6 Å². The van der Waals surface area contributed by atoms with Crippen LogP contribution in [-0.2, 0) is 9.63 Å². The quantitative estimate of drug-likeness (QED) is 0.867. The third-order valence-corrected chi connectivity index (χ3v) is 5.52. The molecule has 0 aromatic heterocycles. The van der Waals surface area contributed by atoms with Crippen molar-refractivity contribution in [2.45, 2.75) is 70.4 Å². The van der Waals surface area contributed by atoms with Crippen LogP contribution in [0.15, 0.2) is 5.16 Å². The molecule has 1 N–H and O–H groups in total. The molecule has 1 amide bonds. The topological polar surface area (TPSA) is 53.9 Å². The molecule has 2 fully saturated rings. The third-order valence-electron chi connectivity index (χ3n) is 5.52. The number of carbonyl (C=O) groups excluding carboxylic acids is 1. The molecule has 124 valence electrons. The Labute approximate surface area is 133 Å². The van der Waals surface area contributed by atoms with E-state index in [1.54, 1.807) is 0 Å². The molecule has 0 aromatic carbocycles. The number of carbonyl (C=O) groups is 1. The van der Waals surface area contributed by atoms with Crippen LogP contribution in [0.5, 0.6) is 0 Å². The summed E-state index contributed by atoms with van der Waals surface area (Å²) in [6.45, 7) is 6.89. The minimum atomic E-state index is -0.797. The van der Waals surface area contributed by atoms with Crippen molar-refractivity contribution in [1.29, 1.82) is 0 Å².